The minimum absolute atomic E-state index is 0.198. The molecule has 138 valence electrons. The van der Waals surface area contributed by atoms with Crippen molar-refractivity contribution in [3.63, 3.8) is 0 Å². The van der Waals surface area contributed by atoms with E-state index in [0.717, 1.165) is 5.56 Å². The largest absolute Gasteiger partial charge is 0.506 e. The summed E-state index contributed by atoms with van der Waals surface area (Å²) in [5.41, 5.74) is 1.07. The first-order valence-electron chi connectivity index (χ1n) is 8.76. The summed E-state index contributed by atoms with van der Waals surface area (Å²) in [5.74, 6) is -0.960. The highest BCUT2D eigenvalue weighted by molar-refractivity contribution is 6.02. The number of aromatic hydroxyl groups is 1. The lowest BCUT2D eigenvalue weighted by Gasteiger charge is -2.15. The zero-order valence-electron chi connectivity index (χ0n) is 14.9. The van der Waals surface area contributed by atoms with Crippen molar-refractivity contribution in [3.8, 4) is 11.4 Å². The highest BCUT2D eigenvalue weighted by atomic mass is 16.3. The van der Waals surface area contributed by atoms with Gasteiger partial charge in [-0.05, 0) is 35.9 Å². The van der Waals surface area contributed by atoms with Crippen LogP contribution in [0.3, 0.4) is 0 Å². The third-order valence-corrected chi connectivity index (χ3v) is 4.47. The van der Waals surface area contributed by atoms with E-state index in [0.29, 0.717) is 16.6 Å². The molecule has 28 heavy (non-hydrogen) atoms. The second kappa shape index (κ2) is 7.36. The Morgan fingerprint density at radius 3 is 2.50 bits per heavy atom. The molecule has 0 saturated carbocycles. The Morgan fingerprint density at radius 1 is 1.00 bits per heavy atom. The molecule has 0 aliphatic rings. The van der Waals surface area contributed by atoms with Crippen LogP contribution in [0.5, 0.6) is 5.75 Å². The number of para-hydroxylation sites is 2. The zero-order chi connectivity index (χ0) is 19.5. The summed E-state index contributed by atoms with van der Waals surface area (Å²) in [4.78, 5) is 30.0. The van der Waals surface area contributed by atoms with E-state index in [9.17, 15) is 14.7 Å². The molecule has 2 aromatic heterocycles. The Bertz CT molecular complexity index is 1200. The van der Waals surface area contributed by atoms with E-state index in [1.54, 1.807) is 54.9 Å². The molecular formula is C22H17N3O3. The van der Waals surface area contributed by atoms with Crippen LogP contribution in [0.15, 0.2) is 83.9 Å². The van der Waals surface area contributed by atoms with Crippen molar-refractivity contribution in [3.05, 3.63) is 101 Å². The SMILES string of the molecule is O=C(NCc1cccnc1)c1c(O)c2ccccc2n(-c2ccccc2)c1=O. The normalized spacial score (nSPS) is 10.7. The van der Waals surface area contributed by atoms with Crippen LogP contribution in [0.2, 0.25) is 0 Å². The Kier molecular flexibility index (Phi) is 4.60. The predicted octanol–water partition coefficient (Wildman–Crippen LogP) is 3.02. The number of amides is 1. The van der Waals surface area contributed by atoms with Gasteiger partial charge in [0.15, 0.2) is 0 Å². The van der Waals surface area contributed by atoms with Gasteiger partial charge in [0.2, 0.25) is 0 Å². The van der Waals surface area contributed by atoms with Gasteiger partial charge in [0.05, 0.1) is 5.52 Å². The molecule has 0 bridgehead atoms. The number of aromatic nitrogens is 2. The van der Waals surface area contributed by atoms with Crippen molar-refractivity contribution in [1.82, 2.24) is 14.9 Å². The van der Waals surface area contributed by atoms with Gasteiger partial charge in [-0.25, -0.2) is 0 Å². The van der Waals surface area contributed by atoms with Crippen LogP contribution in [0.25, 0.3) is 16.6 Å². The average Bonchev–Trinajstić information content (AvgIpc) is 2.74. The van der Waals surface area contributed by atoms with Crippen molar-refractivity contribution in [1.29, 1.82) is 0 Å². The van der Waals surface area contributed by atoms with Gasteiger partial charge in [-0.1, -0.05) is 36.4 Å². The number of hydrogen-bond donors (Lipinski definition) is 2. The molecule has 0 saturated heterocycles. The molecule has 2 aromatic carbocycles. The summed E-state index contributed by atoms with van der Waals surface area (Å²) in [6.07, 6.45) is 3.27. The number of hydrogen-bond acceptors (Lipinski definition) is 4. The molecule has 0 spiro atoms. The highest BCUT2D eigenvalue weighted by Gasteiger charge is 2.22. The van der Waals surface area contributed by atoms with Crippen LogP contribution < -0.4 is 10.9 Å². The van der Waals surface area contributed by atoms with Gasteiger partial charge in [0.25, 0.3) is 11.5 Å². The molecule has 0 atom stereocenters. The van der Waals surface area contributed by atoms with Gasteiger partial charge in [-0.15, -0.1) is 0 Å². The fourth-order valence-electron chi connectivity index (χ4n) is 3.14. The van der Waals surface area contributed by atoms with Crippen LogP contribution in [0, 0.1) is 0 Å². The third kappa shape index (κ3) is 3.12. The number of nitrogens with zero attached hydrogens (tertiary/aromatic N) is 2. The zero-order valence-corrected chi connectivity index (χ0v) is 14.9. The minimum atomic E-state index is -0.637. The van der Waals surface area contributed by atoms with E-state index in [1.807, 2.05) is 24.3 Å². The quantitative estimate of drug-likeness (QED) is 0.578. The van der Waals surface area contributed by atoms with Crippen LogP contribution in [0.1, 0.15) is 15.9 Å². The van der Waals surface area contributed by atoms with Crippen molar-refractivity contribution < 1.29 is 9.90 Å². The number of pyridine rings is 2. The van der Waals surface area contributed by atoms with E-state index in [-0.39, 0.29) is 17.9 Å². The van der Waals surface area contributed by atoms with E-state index < -0.39 is 11.5 Å². The minimum Gasteiger partial charge on any atom is -0.506 e. The van der Waals surface area contributed by atoms with Crippen LogP contribution >= 0.6 is 0 Å². The summed E-state index contributed by atoms with van der Waals surface area (Å²) in [6, 6.07) is 19.6. The molecule has 0 fully saturated rings. The van der Waals surface area contributed by atoms with Gasteiger partial charge >= 0.3 is 0 Å². The number of nitrogens with one attached hydrogen (secondary N) is 1. The molecule has 0 radical (unpaired) electrons. The molecule has 6 heteroatoms. The maximum atomic E-state index is 13.2. The Labute approximate surface area is 160 Å². The van der Waals surface area contributed by atoms with Gasteiger partial charge in [0, 0.05) is 30.0 Å². The van der Waals surface area contributed by atoms with Gasteiger partial charge in [-0.2, -0.15) is 0 Å². The summed E-state index contributed by atoms with van der Waals surface area (Å²) < 4.78 is 1.44. The molecule has 4 aromatic rings. The number of benzene rings is 2. The Balaban J connectivity index is 1.85. The lowest BCUT2D eigenvalue weighted by Crippen LogP contribution is -2.32. The van der Waals surface area contributed by atoms with Crippen molar-refractivity contribution in [2.75, 3.05) is 0 Å². The van der Waals surface area contributed by atoms with Crippen LogP contribution in [-0.4, -0.2) is 20.6 Å². The average molecular weight is 371 g/mol. The van der Waals surface area contributed by atoms with E-state index >= 15 is 0 Å². The van der Waals surface area contributed by atoms with Gasteiger partial charge < -0.3 is 10.4 Å². The fourth-order valence-corrected chi connectivity index (χ4v) is 3.14. The van der Waals surface area contributed by atoms with Crippen LogP contribution in [0.4, 0.5) is 0 Å². The Morgan fingerprint density at radius 2 is 1.75 bits per heavy atom. The molecule has 0 unspecified atom stereocenters. The van der Waals surface area contributed by atoms with E-state index in [1.165, 1.54) is 4.57 Å². The molecule has 2 N–H and O–H groups in total. The van der Waals surface area contributed by atoms with Crippen LogP contribution in [-0.2, 0) is 6.54 Å². The Hall–Kier alpha value is -3.93. The van der Waals surface area contributed by atoms with E-state index in [4.69, 9.17) is 0 Å². The lowest BCUT2D eigenvalue weighted by molar-refractivity contribution is 0.0946. The molecule has 1 amide bonds. The molecular weight excluding hydrogens is 354 g/mol. The second-order valence-corrected chi connectivity index (χ2v) is 6.26. The maximum Gasteiger partial charge on any atom is 0.272 e. The fraction of sp³-hybridized carbons (Fsp3) is 0.0455. The topological polar surface area (TPSA) is 84.2 Å². The monoisotopic (exact) mass is 371 g/mol. The summed E-state index contributed by atoms with van der Waals surface area (Å²) in [7, 11) is 0. The molecule has 2 heterocycles. The highest BCUT2D eigenvalue weighted by Crippen LogP contribution is 2.27. The maximum absolute atomic E-state index is 13.2. The number of rotatable bonds is 4. The van der Waals surface area contributed by atoms with Crippen molar-refractivity contribution in [2.45, 2.75) is 6.54 Å². The second-order valence-electron chi connectivity index (χ2n) is 6.26. The summed E-state index contributed by atoms with van der Waals surface area (Å²) in [6.45, 7) is 0.198. The number of carbonyl (C=O) groups is 1. The first-order valence-corrected chi connectivity index (χ1v) is 8.76. The summed E-state index contributed by atoms with van der Waals surface area (Å²) >= 11 is 0. The first-order chi connectivity index (χ1) is 13.7. The number of carbonyl (C=O) groups excluding carboxylic acids is 1. The smallest absolute Gasteiger partial charge is 0.272 e. The standard InChI is InChI=1S/C22H17N3O3/c26-20-17-10-4-5-11-18(17)25(16-8-2-1-3-9-16)22(28)19(20)21(27)24-14-15-7-6-12-23-13-15/h1-13,26H,14H2,(H,24,27). The first kappa shape index (κ1) is 17.5. The van der Waals surface area contributed by atoms with Gasteiger partial charge in [0.1, 0.15) is 11.3 Å². The van der Waals surface area contributed by atoms with Gasteiger partial charge in [-0.3, -0.25) is 19.1 Å². The van der Waals surface area contributed by atoms with Crippen molar-refractivity contribution >= 4 is 16.8 Å². The predicted molar refractivity (Wildman–Crippen MR) is 107 cm³/mol. The third-order valence-electron chi connectivity index (χ3n) is 4.47. The molecule has 0 aliphatic heterocycles. The van der Waals surface area contributed by atoms with E-state index in [2.05, 4.69) is 10.3 Å². The molecule has 4 rings (SSSR count). The molecule has 0 aliphatic carbocycles. The van der Waals surface area contributed by atoms with Crippen molar-refractivity contribution in [2.24, 2.45) is 0 Å². The molecule has 6 nitrogen and oxygen atoms in total. The summed E-state index contributed by atoms with van der Waals surface area (Å²) in [5, 5.41) is 13.8. The lowest BCUT2D eigenvalue weighted by atomic mass is 10.1. The number of fused-ring (bicyclic) bond motifs is 1.